The number of carbonyl (C=O) groups excluding carboxylic acids is 2. The summed E-state index contributed by atoms with van der Waals surface area (Å²) < 4.78 is 0. The minimum Gasteiger partial charge on any atom is -0.342 e. The summed E-state index contributed by atoms with van der Waals surface area (Å²) in [5, 5.41) is 2.82. The summed E-state index contributed by atoms with van der Waals surface area (Å²) in [5.41, 5.74) is 0.791. The summed E-state index contributed by atoms with van der Waals surface area (Å²) >= 11 is 0. The first-order chi connectivity index (χ1) is 9.06. The molecule has 19 heavy (non-hydrogen) atoms. The second-order valence-corrected chi connectivity index (χ2v) is 5.20. The van der Waals surface area contributed by atoms with E-state index in [1.165, 1.54) is 0 Å². The Balaban J connectivity index is 2.43. The number of hydrogen-bond donors (Lipinski definition) is 1. The molecule has 1 aromatic carbocycles. The molecule has 0 saturated carbocycles. The Morgan fingerprint density at radius 3 is 2.37 bits per heavy atom. The second kappa shape index (κ2) is 5.43. The molecule has 1 heterocycles. The summed E-state index contributed by atoms with van der Waals surface area (Å²) in [6.45, 7) is 5.82. The lowest BCUT2D eigenvalue weighted by Gasteiger charge is -2.40. The van der Waals surface area contributed by atoms with Gasteiger partial charge in [0.25, 0.3) is 0 Å². The Morgan fingerprint density at radius 2 is 1.84 bits per heavy atom. The number of hydrogen-bond acceptors (Lipinski definition) is 2. The van der Waals surface area contributed by atoms with E-state index in [-0.39, 0.29) is 17.7 Å². The number of nitrogens with one attached hydrogen (secondary N) is 1. The molecule has 1 aromatic rings. The van der Waals surface area contributed by atoms with Gasteiger partial charge in [-0.1, -0.05) is 39.0 Å². The molecule has 4 nitrogen and oxygen atoms in total. The molecule has 0 aliphatic carbocycles. The molecule has 0 radical (unpaired) electrons. The molecular weight excluding hydrogens is 240 g/mol. The number of rotatable bonds is 3. The van der Waals surface area contributed by atoms with Crippen LogP contribution in [0.15, 0.2) is 30.3 Å². The Bertz CT molecular complexity index is 470. The maximum atomic E-state index is 12.5. The lowest BCUT2D eigenvalue weighted by molar-refractivity contribution is -0.134. The van der Waals surface area contributed by atoms with Crippen LogP contribution in [0.2, 0.25) is 0 Å². The second-order valence-electron chi connectivity index (χ2n) is 5.20. The molecule has 2 amide bonds. The fraction of sp³-hybridized carbons (Fsp3) is 0.467. The average Bonchev–Trinajstić information content (AvgIpc) is 2.41. The number of piperazine rings is 1. The molecule has 1 saturated heterocycles. The molecular formula is C15H20N2O2. The van der Waals surface area contributed by atoms with Gasteiger partial charge in [-0.25, -0.2) is 0 Å². The smallest absolute Gasteiger partial charge is 0.250 e. The van der Waals surface area contributed by atoms with Crippen molar-refractivity contribution < 1.29 is 9.59 Å². The number of para-hydroxylation sites is 1. The first-order valence-corrected chi connectivity index (χ1v) is 6.74. The van der Waals surface area contributed by atoms with Gasteiger partial charge < -0.3 is 5.32 Å². The molecule has 2 rings (SSSR count). The van der Waals surface area contributed by atoms with E-state index in [0.29, 0.717) is 6.42 Å². The van der Waals surface area contributed by atoms with Crippen LogP contribution in [0, 0.1) is 5.92 Å². The summed E-state index contributed by atoms with van der Waals surface area (Å²) in [6, 6.07) is 8.57. The minimum absolute atomic E-state index is 0.0213. The zero-order chi connectivity index (χ0) is 14.0. The normalized spacial score (nSPS) is 23.7. The Morgan fingerprint density at radius 1 is 1.21 bits per heavy atom. The Kier molecular flexibility index (Phi) is 3.88. The first kappa shape index (κ1) is 13.6. The van der Waals surface area contributed by atoms with Crippen LogP contribution in [-0.2, 0) is 9.59 Å². The van der Waals surface area contributed by atoms with Crippen molar-refractivity contribution in [3.63, 3.8) is 0 Å². The van der Waals surface area contributed by atoms with Gasteiger partial charge in [0.15, 0.2) is 0 Å². The molecule has 1 N–H and O–H groups in total. The third kappa shape index (κ3) is 2.48. The zero-order valence-corrected chi connectivity index (χ0v) is 11.6. The predicted molar refractivity (Wildman–Crippen MR) is 74.8 cm³/mol. The third-order valence-electron chi connectivity index (χ3n) is 3.47. The SMILES string of the molecule is CCC1NC(=O)C(C(C)C)N(c2ccccc2)C1=O. The number of amides is 2. The molecule has 1 fully saturated rings. The van der Waals surface area contributed by atoms with Gasteiger partial charge in [0.05, 0.1) is 0 Å². The lowest BCUT2D eigenvalue weighted by Crippen LogP contribution is -2.65. The zero-order valence-electron chi connectivity index (χ0n) is 11.6. The van der Waals surface area contributed by atoms with Crippen LogP contribution in [0.25, 0.3) is 0 Å². The van der Waals surface area contributed by atoms with Crippen molar-refractivity contribution in [3.8, 4) is 0 Å². The van der Waals surface area contributed by atoms with E-state index in [1.54, 1.807) is 4.90 Å². The first-order valence-electron chi connectivity index (χ1n) is 6.74. The fourth-order valence-corrected chi connectivity index (χ4v) is 2.50. The van der Waals surface area contributed by atoms with E-state index in [9.17, 15) is 9.59 Å². The summed E-state index contributed by atoms with van der Waals surface area (Å²) in [7, 11) is 0. The monoisotopic (exact) mass is 260 g/mol. The van der Waals surface area contributed by atoms with Crippen molar-refractivity contribution in [3.05, 3.63) is 30.3 Å². The van der Waals surface area contributed by atoms with Crippen LogP contribution in [-0.4, -0.2) is 23.9 Å². The molecule has 2 unspecified atom stereocenters. The predicted octanol–water partition coefficient (Wildman–Crippen LogP) is 1.95. The van der Waals surface area contributed by atoms with E-state index in [2.05, 4.69) is 5.32 Å². The van der Waals surface area contributed by atoms with Gasteiger partial charge in [-0.05, 0) is 24.5 Å². The lowest BCUT2D eigenvalue weighted by atomic mass is 9.95. The van der Waals surface area contributed by atoms with Gasteiger partial charge in [0.1, 0.15) is 12.1 Å². The summed E-state index contributed by atoms with van der Waals surface area (Å²) in [6.07, 6.45) is 0.610. The van der Waals surface area contributed by atoms with Crippen LogP contribution >= 0.6 is 0 Å². The summed E-state index contributed by atoms with van der Waals surface area (Å²) in [5.74, 6) is -0.0146. The van der Waals surface area contributed by atoms with Crippen LogP contribution < -0.4 is 10.2 Å². The van der Waals surface area contributed by atoms with Gasteiger partial charge in [-0.15, -0.1) is 0 Å². The van der Waals surface area contributed by atoms with E-state index in [0.717, 1.165) is 5.69 Å². The summed E-state index contributed by atoms with van der Waals surface area (Å²) in [4.78, 5) is 26.4. The highest BCUT2D eigenvalue weighted by molar-refractivity contribution is 6.08. The van der Waals surface area contributed by atoms with E-state index in [4.69, 9.17) is 0 Å². The minimum atomic E-state index is -0.433. The maximum Gasteiger partial charge on any atom is 0.250 e. The van der Waals surface area contributed by atoms with E-state index in [1.807, 2.05) is 51.1 Å². The third-order valence-corrected chi connectivity index (χ3v) is 3.47. The Hall–Kier alpha value is -1.84. The Labute approximate surface area is 113 Å². The number of anilines is 1. The number of benzene rings is 1. The quantitative estimate of drug-likeness (QED) is 0.903. The van der Waals surface area contributed by atoms with Crippen LogP contribution in [0.5, 0.6) is 0 Å². The highest BCUT2D eigenvalue weighted by atomic mass is 16.2. The average molecular weight is 260 g/mol. The van der Waals surface area contributed by atoms with Crippen molar-refractivity contribution in [1.82, 2.24) is 5.32 Å². The van der Waals surface area contributed by atoms with Gasteiger partial charge >= 0.3 is 0 Å². The van der Waals surface area contributed by atoms with Crippen molar-refractivity contribution in [2.75, 3.05) is 4.90 Å². The van der Waals surface area contributed by atoms with Gasteiger partial charge in [0.2, 0.25) is 11.8 Å². The largest absolute Gasteiger partial charge is 0.342 e. The highest BCUT2D eigenvalue weighted by Crippen LogP contribution is 2.25. The van der Waals surface area contributed by atoms with Crippen molar-refractivity contribution in [2.45, 2.75) is 39.3 Å². The number of nitrogens with zero attached hydrogens (tertiary/aromatic N) is 1. The maximum absolute atomic E-state index is 12.5. The van der Waals surface area contributed by atoms with Gasteiger partial charge in [-0.2, -0.15) is 0 Å². The van der Waals surface area contributed by atoms with Crippen molar-refractivity contribution in [1.29, 1.82) is 0 Å². The van der Waals surface area contributed by atoms with Crippen molar-refractivity contribution >= 4 is 17.5 Å². The van der Waals surface area contributed by atoms with Crippen LogP contribution in [0.3, 0.4) is 0 Å². The molecule has 2 atom stereocenters. The van der Waals surface area contributed by atoms with Gasteiger partial charge in [-0.3, -0.25) is 14.5 Å². The number of carbonyl (C=O) groups is 2. The molecule has 102 valence electrons. The van der Waals surface area contributed by atoms with Crippen LogP contribution in [0.1, 0.15) is 27.2 Å². The molecule has 0 aromatic heterocycles. The van der Waals surface area contributed by atoms with Crippen LogP contribution in [0.4, 0.5) is 5.69 Å². The topological polar surface area (TPSA) is 49.4 Å². The molecule has 4 heteroatoms. The van der Waals surface area contributed by atoms with E-state index < -0.39 is 12.1 Å². The molecule has 0 spiro atoms. The van der Waals surface area contributed by atoms with E-state index >= 15 is 0 Å². The van der Waals surface area contributed by atoms with Gasteiger partial charge in [0, 0.05) is 5.69 Å². The highest BCUT2D eigenvalue weighted by Gasteiger charge is 2.41. The molecule has 0 bridgehead atoms. The molecule has 1 aliphatic rings. The molecule has 1 aliphatic heterocycles. The fourth-order valence-electron chi connectivity index (χ4n) is 2.50. The van der Waals surface area contributed by atoms with Crippen molar-refractivity contribution in [2.24, 2.45) is 5.92 Å². The standard InChI is InChI=1S/C15H20N2O2/c1-4-12-15(19)17(11-8-6-5-7-9-11)13(10(2)3)14(18)16-12/h5-10,12-13H,4H2,1-3H3,(H,16,18).